The summed E-state index contributed by atoms with van der Waals surface area (Å²) in [5.41, 5.74) is 4.06. The number of aromatic amines is 1. The number of thioether (sulfide) groups is 1. The summed E-state index contributed by atoms with van der Waals surface area (Å²) < 4.78 is 9.25. The molecule has 7 rings (SSSR count). The fourth-order valence-electron chi connectivity index (χ4n) is 6.04. The SMILES string of the molecule is Cn1c(=O)[nH]c(=O)c2c1nc(N1CCN(C(c3ccccc3)c3ccccc3)CC1)n2CCCSc1nc2ccccc2o1. The van der Waals surface area contributed by atoms with Crippen molar-refractivity contribution in [2.75, 3.05) is 36.8 Å². The van der Waals surface area contributed by atoms with Gasteiger partial charge in [0, 0.05) is 45.5 Å². The number of nitrogens with one attached hydrogen (secondary N) is 1. The average molecular weight is 608 g/mol. The van der Waals surface area contributed by atoms with E-state index in [1.54, 1.807) is 18.8 Å². The number of benzene rings is 3. The van der Waals surface area contributed by atoms with E-state index >= 15 is 0 Å². The summed E-state index contributed by atoms with van der Waals surface area (Å²) in [6.07, 6.45) is 0.758. The molecule has 0 saturated carbocycles. The summed E-state index contributed by atoms with van der Waals surface area (Å²) in [7, 11) is 1.65. The van der Waals surface area contributed by atoms with Gasteiger partial charge in [-0.3, -0.25) is 19.2 Å². The van der Waals surface area contributed by atoms with Crippen LogP contribution in [0.1, 0.15) is 23.6 Å². The van der Waals surface area contributed by atoms with Crippen LogP contribution in [0.5, 0.6) is 0 Å². The molecule has 0 radical (unpaired) electrons. The van der Waals surface area contributed by atoms with Gasteiger partial charge in [-0.1, -0.05) is 84.6 Å². The molecular formula is C33H33N7O3S. The molecule has 0 amide bonds. The highest BCUT2D eigenvalue weighted by Gasteiger charge is 2.29. The number of piperazine rings is 1. The standard InChI is InChI=1S/C33H33N7O3S/c1-37-29-28(30(41)36-32(37)42)40(17-10-22-44-33-34-25-15-8-9-16-26(25)43-33)31(35-29)39-20-18-38(19-21-39)27(23-11-4-2-5-12-23)24-13-6-3-7-14-24/h2-9,11-16,27H,10,17-22H2,1H3,(H,36,41,42). The Bertz CT molecular complexity index is 1940. The van der Waals surface area contributed by atoms with E-state index in [9.17, 15) is 9.59 Å². The molecular weight excluding hydrogens is 574 g/mol. The number of nitrogens with zero attached hydrogens (tertiary/aromatic N) is 6. The van der Waals surface area contributed by atoms with Crippen LogP contribution < -0.4 is 16.1 Å². The Balaban J connectivity index is 1.13. The monoisotopic (exact) mass is 607 g/mol. The Labute approximate surface area is 258 Å². The number of anilines is 1. The number of imidazole rings is 1. The molecule has 1 saturated heterocycles. The number of rotatable bonds is 9. The zero-order valence-electron chi connectivity index (χ0n) is 24.4. The predicted molar refractivity (Wildman–Crippen MR) is 173 cm³/mol. The molecule has 0 bridgehead atoms. The van der Waals surface area contributed by atoms with Crippen LogP contribution in [0.2, 0.25) is 0 Å². The molecule has 0 spiro atoms. The summed E-state index contributed by atoms with van der Waals surface area (Å²) in [5.74, 6) is 1.47. The summed E-state index contributed by atoms with van der Waals surface area (Å²) in [6, 6.07) is 29.1. The Morgan fingerprint density at radius 2 is 1.52 bits per heavy atom. The molecule has 224 valence electrons. The lowest BCUT2D eigenvalue weighted by Gasteiger charge is -2.40. The van der Waals surface area contributed by atoms with Crippen LogP contribution >= 0.6 is 11.8 Å². The number of para-hydroxylation sites is 2. The van der Waals surface area contributed by atoms with E-state index in [4.69, 9.17) is 9.40 Å². The molecule has 0 unspecified atom stereocenters. The first kappa shape index (κ1) is 28.2. The topological polar surface area (TPSA) is 105 Å². The molecule has 0 atom stereocenters. The molecule has 1 aliphatic rings. The lowest BCUT2D eigenvalue weighted by Crippen LogP contribution is -2.48. The summed E-state index contributed by atoms with van der Waals surface area (Å²) in [6.45, 7) is 3.68. The second-order valence-electron chi connectivity index (χ2n) is 11.0. The van der Waals surface area contributed by atoms with Crippen LogP contribution in [-0.2, 0) is 13.6 Å². The van der Waals surface area contributed by atoms with E-state index in [0.29, 0.717) is 28.9 Å². The molecule has 44 heavy (non-hydrogen) atoms. The normalized spacial score (nSPS) is 14.3. The van der Waals surface area contributed by atoms with Crippen LogP contribution in [0, 0.1) is 0 Å². The van der Waals surface area contributed by atoms with Crippen molar-refractivity contribution in [1.82, 2.24) is 29.0 Å². The molecule has 1 fully saturated rings. The Morgan fingerprint density at radius 1 is 0.864 bits per heavy atom. The number of aromatic nitrogens is 5. The molecule has 10 nitrogen and oxygen atoms in total. The maximum absolute atomic E-state index is 13.1. The van der Waals surface area contributed by atoms with Gasteiger partial charge in [-0.25, -0.2) is 9.78 Å². The first-order chi connectivity index (χ1) is 21.6. The van der Waals surface area contributed by atoms with Crippen molar-refractivity contribution in [2.24, 2.45) is 7.05 Å². The lowest BCUT2D eigenvalue weighted by molar-refractivity contribution is 0.211. The van der Waals surface area contributed by atoms with Gasteiger partial charge in [0.1, 0.15) is 5.52 Å². The summed E-state index contributed by atoms with van der Waals surface area (Å²) in [4.78, 5) is 42.2. The van der Waals surface area contributed by atoms with Gasteiger partial charge in [0.25, 0.3) is 10.8 Å². The van der Waals surface area contributed by atoms with E-state index in [-0.39, 0.29) is 6.04 Å². The first-order valence-corrected chi connectivity index (χ1v) is 15.8. The fourth-order valence-corrected chi connectivity index (χ4v) is 6.80. The van der Waals surface area contributed by atoms with Crippen LogP contribution in [0.15, 0.2) is 104 Å². The third-order valence-electron chi connectivity index (χ3n) is 8.21. The Hall–Kier alpha value is -4.61. The first-order valence-electron chi connectivity index (χ1n) is 14.8. The molecule has 0 aliphatic carbocycles. The predicted octanol–water partition coefficient (Wildman–Crippen LogP) is 4.66. The van der Waals surface area contributed by atoms with Gasteiger partial charge in [0.05, 0.1) is 6.04 Å². The maximum atomic E-state index is 13.1. The number of fused-ring (bicyclic) bond motifs is 2. The van der Waals surface area contributed by atoms with Gasteiger partial charge < -0.3 is 13.9 Å². The highest BCUT2D eigenvalue weighted by molar-refractivity contribution is 7.99. The van der Waals surface area contributed by atoms with E-state index < -0.39 is 11.2 Å². The third-order valence-corrected chi connectivity index (χ3v) is 9.12. The van der Waals surface area contributed by atoms with Crippen molar-refractivity contribution in [3.63, 3.8) is 0 Å². The van der Waals surface area contributed by atoms with Crippen molar-refractivity contribution in [2.45, 2.75) is 24.2 Å². The average Bonchev–Trinajstić information content (AvgIpc) is 3.65. The number of hydrogen-bond donors (Lipinski definition) is 1. The molecule has 1 aliphatic heterocycles. The number of hydrogen-bond acceptors (Lipinski definition) is 8. The largest absolute Gasteiger partial charge is 0.431 e. The maximum Gasteiger partial charge on any atom is 0.329 e. The summed E-state index contributed by atoms with van der Waals surface area (Å²) >= 11 is 1.55. The van der Waals surface area contributed by atoms with E-state index in [1.807, 2.05) is 28.8 Å². The van der Waals surface area contributed by atoms with Crippen molar-refractivity contribution >= 4 is 40.0 Å². The van der Waals surface area contributed by atoms with Gasteiger partial charge in [0.2, 0.25) is 5.95 Å². The Morgan fingerprint density at radius 3 is 2.20 bits per heavy atom. The molecule has 3 aromatic carbocycles. The van der Waals surface area contributed by atoms with Crippen molar-refractivity contribution in [1.29, 1.82) is 0 Å². The third kappa shape index (κ3) is 5.44. The van der Waals surface area contributed by atoms with Gasteiger partial charge in [0.15, 0.2) is 16.7 Å². The lowest BCUT2D eigenvalue weighted by atomic mass is 9.96. The van der Waals surface area contributed by atoms with Crippen LogP contribution in [-0.4, -0.2) is 60.9 Å². The van der Waals surface area contributed by atoms with Crippen molar-refractivity contribution < 1.29 is 4.42 Å². The van der Waals surface area contributed by atoms with E-state index in [0.717, 1.165) is 49.5 Å². The highest BCUT2D eigenvalue weighted by Crippen LogP contribution is 2.31. The van der Waals surface area contributed by atoms with Crippen LogP contribution in [0.25, 0.3) is 22.3 Å². The van der Waals surface area contributed by atoms with E-state index in [2.05, 4.69) is 80.4 Å². The van der Waals surface area contributed by atoms with Gasteiger partial charge in [-0.2, -0.15) is 4.98 Å². The quantitative estimate of drug-likeness (QED) is 0.187. The molecule has 1 N–H and O–H groups in total. The van der Waals surface area contributed by atoms with Crippen molar-refractivity contribution in [3.8, 4) is 0 Å². The second kappa shape index (κ2) is 12.2. The molecule has 3 aromatic heterocycles. The van der Waals surface area contributed by atoms with Gasteiger partial charge in [-0.05, 0) is 29.7 Å². The fraction of sp³-hybridized carbons (Fsp3) is 0.273. The minimum absolute atomic E-state index is 0.144. The van der Waals surface area contributed by atoms with Crippen LogP contribution in [0.3, 0.4) is 0 Å². The summed E-state index contributed by atoms with van der Waals surface area (Å²) in [5, 5.41) is 0.629. The molecule has 4 heterocycles. The van der Waals surface area contributed by atoms with Crippen molar-refractivity contribution in [3.05, 3.63) is 117 Å². The molecule has 6 aromatic rings. The minimum Gasteiger partial charge on any atom is -0.431 e. The van der Waals surface area contributed by atoms with Gasteiger partial charge >= 0.3 is 5.69 Å². The zero-order valence-corrected chi connectivity index (χ0v) is 25.2. The minimum atomic E-state index is -0.469. The van der Waals surface area contributed by atoms with E-state index in [1.165, 1.54) is 15.7 Å². The highest BCUT2D eigenvalue weighted by atomic mass is 32.2. The zero-order chi connectivity index (χ0) is 30.0. The smallest absolute Gasteiger partial charge is 0.329 e. The number of oxazole rings is 1. The second-order valence-corrected chi connectivity index (χ2v) is 12.0. The molecule has 11 heteroatoms. The number of H-pyrrole nitrogens is 1. The van der Waals surface area contributed by atoms with Gasteiger partial charge in [-0.15, -0.1) is 0 Å². The number of aryl methyl sites for hydroxylation is 2. The Kier molecular flexibility index (Phi) is 7.80. The van der Waals surface area contributed by atoms with Crippen LogP contribution in [0.4, 0.5) is 5.95 Å².